The molecule has 1 atom stereocenters. The summed E-state index contributed by atoms with van der Waals surface area (Å²) in [6.45, 7) is 4.19. The Morgan fingerprint density at radius 2 is 1.94 bits per heavy atom. The highest BCUT2D eigenvalue weighted by molar-refractivity contribution is 6.01. The molecule has 3 fully saturated rings. The summed E-state index contributed by atoms with van der Waals surface area (Å²) in [5, 5.41) is 4.07. The van der Waals surface area contributed by atoms with Crippen molar-refractivity contribution in [3.05, 3.63) is 59.9 Å². The molecule has 3 aliphatic heterocycles. The number of piperidine rings is 3. The number of amides is 2. The highest BCUT2D eigenvalue weighted by Gasteiger charge is 2.35. The smallest absolute Gasteiger partial charge is 0.287 e. The van der Waals surface area contributed by atoms with Crippen molar-refractivity contribution in [2.45, 2.75) is 18.9 Å². The van der Waals surface area contributed by atoms with Gasteiger partial charge in [-0.25, -0.2) is 0 Å². The van der Waals surface area contributed by atoms with Crippen LogP contribution in [0.1, 0.15) is 33.8 Å². The van der Waals surface area contributed by atoms with E-state index in [0.29, 0.717) is 36.0 Å². The van der Waals surface area contributed by atoms with Gasteiger partial charge >= 0.3 is 0 Å². The summed E-state index contributed by atoms with van der Waals surface area (Å²) in [5.41, 5.74) is 2.97. The molecule has 0 radical (unpaired) electrons. The van der Waals surface area contributed by atoms with Gasteiger partial charge in [0.25, 0.3) is 11.8 Å². The van der Waals surface area contributed by atoms with Crippen LogP contribution in [0.5, 0.6) is 0 Å². The molecule has 4 heterocycles. The van der Waals surface area contributed by atoms with Gasteiger partial charge in [-0.05, 0) is 55.6 Å². The van der Waals surface area contributed by atoms with E-state index < -0.39 is 0 Å². The molecule has 2 amide bonds. The number of nitrogens with zero attached hydrogens (tertiary/aromatic N) is 2. The second-order valence-electron chi connectivity index (χ2n) is 9.35. The molecule has 1 aromatic heterocycles. The lowest BCUT2D eigenvalue weighted by atomic mass is 9.84. The van der Waals surface area contributed by atoms with Gasteiger partial charge in [-0.1, -0.05) is 30.3 Å². The van der Waals surface area contributed by atoms with Crippen LogP contribution < -0.4 is 5.32 Å². The molecule has 0 unspecified atom stereocenters. The van der Waals surface area contributed by atoms with Crippen molar-refractivity contribution in [2.24, 2.45) is 5.92 Å². The van der Waals surface area contributed by atoms with Crippen LogP contribution in [0.2, 0.25) is 0 Å². The van der Waals surface area contributed by atoms with Crippen molar-refractivity contribution in [1.29, 1.82) is 0 Å². The molecule has 3 aliphatic rings. The fourth-order valence-electron chi connectivity index (χ4n) is 5.14. The van der Waals surface area contributed by atoms with Crippen LogP contribution in [0, 0.1) is 5.92 Å². The minimum absolute atomic E-state index is 0.0666. The van der Waals surface area contributed by atoms with E-state index in [2.05, 4.69) is 10.2 Å². The second-order valence-corrected chi connectivity index (χ2v) is 9.35. The number of nitrogens with one attached hydrogen (secondary N) is 1. The number of carbonyl (C=O) groups is 2. The zero-order valence-corrected chi connectivity index (χ0v) is 19.8. The molecule has 0 saturated carbocycles. The number of hydrogen-bond acceptors (Lipinski definition) is 5. The Balaban J connectivity index is 1.39. The van der Waals surface area contributed by atoms with E-state index in [1.165, 1.54) is 0 Å². The number of methoxy groups -OCH3 is 1. The van der Waals surface area contributed by atoms with Crippen LogP contribution in [0.25, 0.3) is 22.1 Å². The van der Waals surface area contributed by atoms with E-state index in [1.807, 2.05) is 48.5 Å². The van der Waals surface area contributed by atoms with Crippen molar-refractivity contribution >= 4 is 22.8 Å². The van der Waals surface area contributed by atoms with E-state index in [9.17, 15) is 9.59 Å². The number of benzene rings is 2. The molecule has 0 spiro atoms. The summed E-state index contributed by atoms with van der Waals surface area (Å²) in [5.74, 6) is 0.648. The molecule has 2 bridgehead atoms. The Kier molecular flexibility index (Phi) is 6.39. The van der Waals surface area contributed by atoms with E-state index >= 15 is 0 Å². The first-order valence-corrected chi connectivity index (χ1v) is 11.9. The van der Waals surface area contributed by atoms with Gasteiger partial charge in [-0.15, -0.1) is 0 Å². The van der Waals surface area contributed by atoms with Crippen LogP contribution in [0.3, 0.4) is 0 Å². The topological polar surface area (TPSA) is 75.0 Å². The number of furan rings is 1. The van der Waals surface area contributed by atoms with E-state index in [1.54, 1.807) is 19.1 Å². The third-order valence-corrected chi connectivity index (χ3v) is 7.14. The lowest BCUT2D eigenvalue weighted by Gasteiger charge is -2.44. The number of fused-ring (bicyclic) bond motifs is 4. The minimum Gasteiger partial charge on any atom is -0.450 e. The number of carbonyl (C=O) groups excluding carboxylic acids is 2. The molecule has 0 aliphatic carbocycles. The molecule has 7 heteroatoms. The fourth-order valence-corrected chi connectivity index (χ4v) is 5.14. The maximum absolute atomic E-state index is 13.0. The monoisotopic (exact) mass is 461 g/mol. The van der Waals surface area contributed by atoms with E-state index in [0.717, 1.165) is 49.0 Å². The van der Waals surface area contributed by atoms with Gasteiger partial charge < -0.3 is 24.3 Å². The van der Waals surface area contributed by atoms with Gasteiger partial charge in [-0.2, -0.15) is 0 Å². The SMILES string of the molecule is COCCN(C)C(=O)c1cccc(-c2cccc3cc(C(=O)N[C@H]4CN5CCC4CC5)oc23)c1. The van der Waals surface area contributed by atoms with Crippen LogP contribution in [0.4, 0.5) is 0 Å². The molecular formula is C27H31N3O4. The first-order valence-electron chi connectivity index (χ1n) is 11.9. The zero-order valence-electron chi connectivity index (χ0n) is 19.8. The summed E-state index contributed by atoms with van der Waals surface area (Å²) < 4.78 is 11.2. The predicted molar refractivity (Wildman–Crippen MR) is 131 cm³/mol. The van der Waals surface area contributed by atoms with Gasteiger partial charge in [0.1, 0.15) is 5.58 Å². The number of para-hydroxylation sites is 1. The Labute approximate surface area is 199 Å². The third kappa shape index (κ3) is 4.45. The maximum Gasteiger partial charge on any atom is 0.287 e. The van der Waals surface area contributed by atoms with E-state index in [-0.39, 0.29) is 17.9 Å². The van der Waals surface area contributed by atoms with Crippen LogP contribution >= 0.6 is 0 Å². The van der Waals surface area contributed by atoms with Gasteiger partial charge in [0.2, 0.25) is 0 Å². The summed E-state index contributed by atoms with van der Waals surface area (Å²) in [4.78, 5) is 29.9. The number of rotatable bonds is 7. The van der Waals surface area contributed by atoms with Gasteiger partial charge in [0, 0.05) is 49.8 Å². The molecule has 3 saturated heterocycles. The lowest BCUT2D eigenvalue weighted by Crippen LogP contribution is -2.57. The molecule has 1 N–H and O–H groups in total. The van der Waals surface area contributed by atoms with Crippen molar-refractivity contribution in [1.82, 2.24) is 15.1 Å². The molecule has 7 nitrogen and oxygen atoms in total. The van der Waals surface area contributed by atoms with Gasteiger partial charge in [-0.3, -0.25) is 9.59 Å². The average Bonchev–Trinajstić information content (AvgIpc) is 3.32. The summed E-state index contributed by atoms with van der Waals surface area (Å²) in [6.07, 6.45) is 2.29. The molecule has 6 rings (SSSR count). The maximum atomic E-state index is 13.0. The largest absolute Gasteiger partial charge is 0.450 e. The first kappa shape index (κ1) is 22.6. The Hall–Kier alpha value is -3.16. The van der Waals surface area contributed by atoms with Crippen LogP contribution in [0.15, 0.2) is 52.9 Å². The molecule has 34 heavy (non-hydrogen) atoms. The second kappa shape index (κ2) is 9.60. The predicted octanol–water partition coefficient (Wildman–Crippen LogP) is 3.64. The Morgan fingerprint density at radius 1 is 1.15 bits per heavy atom. The van der Waals surface area contributed by atoms with Crippen molar-refractivity contribution < 1.29 is 18.7 Å². The molecule has 2 aromatic carbocycles. The van der Waals surface area contributed by atoms with Crippen LogP contribution in [-0.2, 0) is 4.74 Å². The normalized spacial score (nSPS) is 21.5. The number of hydrogen-bond donors (Lipinski definition) is 1. The summed E-state index contributed by atoms with van der Waals surface area (Å²) in [7, 11) is 3.38. The minimum atomic E-state index is -0.162. The Bertz CT molecular complexity index is 1200. The number of likely N-dealkylation sites (N-methyl/N-ethyl adjacent to an activating group) is 1. The third-order valence-electron chi connectivity index (χ3n) is 7.14. The average molecular weight is 462 g/mol. The quantitative estimate of drug-likeness (QED) is 0.582. The first-order chi connectivity index (χ1) is 16.5. The van der Waals surface area contributed by atoms with Crippen molar-refractivity contribution in [2.75, 3.05) is 46.9 Å². The highest BCUT2D eigenvalue weighted by atomic mass is 16.5. The zero-order chi connectivity index (χ0) is 23.7. The summed E-state index contributed by atoms with van der Waals surface area (Å²) >= 11 is 0. The Morgan fingerprint density at radius 3 is 2.68 bits per heavy atom. The van der Waals surface area contributed by atoms with Crippen molar-refractivity contribution in [3.63, 3.8) is 0 Å². The van der Waals surface area contributed by atoms with Gasteiger partial charge in [0.15, 0.2) is 5.76 Å². The van der Waals surface area contributed by atoms with Crippen LogP contribution in [-0.4, -0.2) is 74.6 Å². The lowest BCUT2D eigenvalue weighted by molar-refractivity contribution is 0.0607. The summed E-state index contributed by atoms with van der Waals surface area (Å²) in [6, 6.07) is 15.3. The van der Waals surface area contributed by atoms with E-state index in [4.69, 9.17) is 9.15 Å². The standard InChI is InChI=1S/C27H31N3O4/c1-29(13-14-33-2)27(32)21-7-3-5-19(15-21)22-8-4-6-20-16-24(34-25(20)22)26(31)28-23-17-30-11-9-18(23)10-12-30/h3-8,15-16,18,23H,9-14,17H2,1-2H3,(H,28,31)/t23-/m0/s1. The van der Waals surface area contributed by atoms with Gasteiger partial charge in [0.05, 0.1) is 6.61 Å². The highest BCUT2D eigenvalue weighted by Crippen LogP contribution is 2.32. The number of ether oxygens (including phenoxy) is 1. The fraction of sp³-hybridized carbons (Fsp3) is 0.407. The van der Waals surface area contributed by atoms with Crippen molar-refractivity contribution in [3.8, 4) is 11.1 Å². The molecule has 178 valence electrons. The molecule has 3 aromatic rings. The molecular weight excluding hydrogens is 430 g/mol.